The van der Waals surface area contributed by atoms with E-state index in [4.69, 9.17) is 11.6 Å². The number of allylic oxidation sites excluding steroid dienone is 1. The van der Waals surface area contributed by atoms with Gasteiger partial charge in [0.1, 0.15) is 0 Å². The molecule has 0 amide bonds. The molecule has 0 radical (unpaired) electrons. The maximum atomic E-state index is 12.1. The molecular weight excluding hydrogens is 306 g/mol. The van der Waals surface area contributed by atoms with Crippen LogP contribution in [0.1, 0.15) is 38.2 Å². The molecule has 1 aromatic rings. The summed E-state index contributed by atoms with van der Waals surface area (Å²) in [4.78, 5) is 34.0. The topological polar surface area (TPSA) is 77.3 Å². The van der Waals surface area contributed by atoms with Crippen molar-refractivity contribution in [3.8, 4) is 0 Å². The molecule has 1 aromatic carbocycles. The first-order valence-electron chi connectivity index (χ1n) is 7.02. The molecule has 5 nitrogen and oxygen atoms in total. The zero-order valence-corrected chi connectivity index (χ0v) is 13.1. The molecule has 22 heavy (non-hydrogen) atoms. The van der Waals surface area contributed by atoms with E-state index in [9.17, 15) is 19.7 Å². The minimum atomic E-state index is -0.515. The first kappa shape index (κ1) is 18.0. The van der Waals surface area contributed by atoms with Gasteiger partial charge in [-0.25, -0.2) is 0 Å². The molecular formula is C16H18ClNO4. The first-order chi connectivity index (χ1) is 10.5. The Kier molecular flexibility index (Phi) is 7.46. The zero-order valence-electron chi connectivity index (χ0n) is 12.4. The maximum absolute atomic E-state index is 12.1. The van der Waals surface area contributed by atoms with Crippen LogP contribution in [0.25, 0.3) is 6.08 Å². The second-order valence-electron chi connectivity index (χ2n) is 4.89. The average molecular weight is 324 g/mol. The Morgan fingerprint density at radius 3 is 2.59 bits per heavy atom. The van der Waals surface area contributed by atoms with Gasteiger partial charge in [0.05, 0.1) is 10.5 Å². The smallest absolute Gasteiger partial charge is 0.270 e. The molecule has 0 N–H and O–H groups in total. The predicted molar refractivity (Wildman–Crippen MR) is 85.9 cm³/mol. The van der Waals surface area contributed by atoms with Crippen LogP contribution in [0.2, 0.25) is 0 Å². The molecule has 0 aliphatic heterocycles. The quantitative estimate of drug-likeness (QED) is 0.131. The number of non-ortho nitro benzene ring substituents is 1. The third kappa shape index (κ3) is 5.77. The standard InChI is InChI=1S/C16H18ClNO4/c1-12(19)15(16(20)8-3-2-4-9-17)11-13-6-5-7-14(10-13)18(21)22/h5-7,10-11H,2-4,8-9H2,1H3/b15-11-. The fourth-order valence-electron chi connectivity index (χ4n) is 1.96. The van der Waals surface area contributed by atoms with Crippen LogP contribution in [0, 0.1) is 10.1 Å². The van der Waals surface area contributed by atoms with E-state index in [1.165, 1.54) is 31.2 Å². The van der Waals surface area contributed by atoms with Gasteiger partial charge in [0.25, 0.3) is 5.69 Å². The van der Waals surface area contributed by atoms with Gasteiger partial charge in [-0.3, -0.25) is 19.7 Å². The summed E-state index contributed by atoms with van der Waals surface area (Å²) in [5, 5.41) is 10.7. The molecule has 6 heteroatoms. The van der Waals surface area contributed by atoms with Crippen LogP contribution in [0.15, 0.2) is 29.8 Å². The van der Waals surface area contributed by atoms with E-state index in [-0.39, 0.29) is 29.2 Å². The number of nitro groups is 1. The molecule has 0 unspecified atom stereocenters. The molecule has 0 fully saturated rings. The van der Waals surface area contributed by atoms with Gasteiger partial charge in [-0.05, 0) is 31.4 Å². The molecule has 1 rings (SSSR count). The SMILES string of the molecule is CC(=O)/C(=C/c1cccc([N+](=O)[O-])c1)C(=O)CCCCCCl. The average Bonchev–Trinajstić information content (AvgIpc) is 2.49. The molecule has 0 saturated carbocycles. The van der Waals surface area contributed by atoms with Crippen molar-refractivity contribution in [2.75, 3.05) is 5.88 Å². The van der Waals surface area contributed by atoms with E-state index in [1.807, 2.05) is 0 Å². The van der Waals surface area contributed by atoms with E-state index >= 15 is 0 Å². The van der Waals surface area contributed by atoms with Crippen LogP contribution < -0.4 is 0 Å². The number of nitro benzene ring substituents is 1. The number of nitrogens with zero attached hydrogens (tertiary/aromatic N) is 1. The molecule has 0 aliphatic carbocycles. The summed E-state index contributed by atoms with van der Waals surface area (Å²) in [6, 6.07) is 5.84. The van der Waals surface area contributed by atoms with Gasteiger partial charge >= 0.3 is 0 Å². The van der Waals surface area contributed by atoms with Gasteiger partial charge in [0.15, 0.2) is 11.6 Å². The van der Waals surface area contributed by atoms with Crippen LogP contribution in [0.5, 0.6) is 0 Å². The highest BCUT2D eigenvalue weighted by atomic mass is 35.5. The molecule has 0 spiro atoms. The predicted octanol–water partition coefficient (Wildman–Crippen LogP) is 3.94. The minimum Gasteiger partial charge on any atom is -0.294 e. The van der Waals surface area contributed by atoms with E-state index in [0.29, 0.717) is 17.9 Å². The highest BCUT2D eigenvalue weighted by Gasteiger charge is 2.15. The molecule has 0 bridgehead atoms. The van der Waals surface area contributed by atoms with Gasteiger partial charge in [-0.1, -0.05) is 18.6 Å². The van der Waals surface area contributed by atoms with Crippen molar-refractivity contribution in [2.24, 2.45) is 0 Å². The number of halogens is 1. The van der Waals surface area contributed by atoms with Crippen molar-refractivity contribution < 1.29 is 14.5 Å². The first-order valence-corrected chi connectivity index (χ1v) is 7.55. The van der Waals surface area contributed by atoms with E-state index in [2.05, 4.69) is 0 Å². The van der Waals surface area contributed by atoms with Crippen molar-refractivity contribution in [3.63, 3.8) is 0 Å². The van der Waals surface area contributed by atoms with Crippen molar-refractivity contribution in [3.05, 3.63) is 45.5 Å². The van der Waals surface area contributed by atoms with Crippen LogP contribution in [-0.2, 0) is 9.59 Å². The summed E-state index contributed by atoms with van der Waals surface area (Å²) >= 11 is 5.57. The van der Waals surface area contributed by atoms with Crippen molar-refractivity contribution in [2.45, 2.75) is 32.6 Å². The fraction of sp³-hybridized carbons (Fsp3) is 0.375. The molecule has 0 aliphatic rings. The number of rotatable bonds is 9. The largest absolute Gasteiger partial charge is 0.294 e. The Hall–Kier alpha value is -2.01. The Balaban J connectivity index is 2.90. The summed E-state index contributed by atoms with van der Waals surface area (Å²) in [6.45, 7) is 1.32. The van der Waals surface area contributed by atoms with E-state index < -0.39 is 4.92 Å². The van der Waals surface area contributed by atoms with E-state index in [1.54, 1.807) is 6.07 Å². The lowest BCUT2D eigenvalue weighted by Gasteiger charge is -2.04. The summed E-state index contributed by atoms with van der Waals surface area (Å²) < 4.78 is 0. The third-order valence-corrected chi connectivity index (χ3v) is 3.38. The van der Waals surface area contributed by atoms with Gasteiger partial charge in [-0.15, -0.1) is 11.6 Å². The fourth-order valence-corrected chi connectivity index (χ4v) is 2.15. The van der Waals surface area contributed by atoms with Crippen LogP contribution in [0.3, 0.4) is 0 Å². The number of alkyl halides is 1. The Bertz CT molecular complexity index is 596. The van der Waals surface area contributed by atoms with Crippen molar-refractivity contribution in [1.29, 1.82) is 0 Å². The van der Waals surface area contributed by atoms with Crippen LogP contribution in [0.4, 0.5) is 5.69 Å². The molecule has 118 valence electrons. The molecule has 0 atom stereocenters. The number of hydrogen-bond acceptors (Lipinski definition) is 4. The number of carbonyl (C=O) groups excluding carboxylic acids is 2. The minimum absolute atomic E-state index is 0.0753. The summed E-state index contributed by atoms with van der Waals surface area (Å²) in [5.74, 6) is -0.0282. The lowest BCUT2D eigenvalue weighted by atomic mass is 9.99. The molecule has 0 aromatic heterocycles. The monoisotopic (exact) mass is 323 g/mol. The maximum Gasteiger partial charge on any atom is 0.270 e. The number of Topliss-reactive ketones (excluding diaryl/α,β-unsaturated/α-hetero) is 2. The Labute approximate surface area is 134 Å². The van der Waals surface area contributed by atoms with Crippen LogP contribution in [-0.4, -0.2) is 22.4 Å². The summed E-state index contributed by atoms with van der Waals surface area (Å²) in [7, 11) is 0. The number of benzene rings is 1. The highest BCUT2D eigenvalue weighted by molar-refractivity contribution is 6.22. The van der Waals surface area contributed by atoms with Gasteiger partial charge in [0.2, 0.25) is 0 Å². The van der Waals surface area contributed by atoms with Crippen molar-refractivity contribution >= 4 is 34.9 Å². The highest BCUT2D eigenvalue weighted by Crippen LogP contribution is 2.17. The summed E-state index contributed by atoms with van der Waals surface area (Å²) in [6.07, 6.45) is 4.03. The second-order valence-corrected chi connectivity index (χ2v) is 5.27. The second kappa shape index (κ2) is 9.10. The normalized spacial score (nSPS) is 11.3. The molecule has 0 heterocycles. The Morgan fingerprint density at radius 1 is 1.27 bits per heavy atom. The number of unbranched alkanes of at least 4 members (excludes halogenated alkanes) is 2. The van der Waals surface area contributed by atoms with Gasteiger partial charge in [-0.2, -0.15) is 0 Å². The van der Waals surface area contributed by atoms with Crippen LogP contribution >= 0.6 is 11.6 Å². The molecule has 0 saturated heterocycles. The third-order valence-electron chi connectivity index (χ3n) is 3.11. The lowest BCUT2D eigenvalue weighted by molar-refractivity contribution is -0.384. The number of ketones is 2. The van der Waals surface area contributed by atoms with E-state index in [0.717, 1.165) is 12.8 Å². The Morgan fingerprint density at radius 2 is 2.00 bits per heavy atom. The number of carbonyl (C=O) groups is 2. The van der Waals surface area contributed by atoms with Gasteiger partial charge < -0.3 is 0 Å². The lowest BCUT2D eigenvalue weighted by Crippen LogP contribution is -2.10. The summed E-state index contributed by atoms with van der Waals surface area (Å²) in [5.41, 5.74) is 0.464. The number of hydrogen-bond donors (Lipinski definition) is 0. The van der Waals surface area contributed by atoms with Crippen molar-refractivity contribution in [1.82, 2.24) is 0 Å². The zero-order chi connectivity index (χ0) is 16.5. The van der Waals surface area contributed by atoms with Gasteiger partial charge in [0, 0.05) is 24.4 Å².